The van der Waals surface area contributed by atoms with Crippen molar-refractivity contribution < 1.29 is 77.6 Å². The van der Waals surface area contributed by atoms with Gasteiger partial charge in [-0.1, -0.05) is 22.5 Å². The summed E-state index contributed by atoms with van der Waals surface area (Å²) in [7, 11) is 1.97. The number of quaternary nitrogens is 4. The summed E-state index contributed by atoms with van der Waals surface area (Å²) in [5.74, 6) is 22.4. The van der Waals surface area contributed by atoms with Crippen LogP contribution in [0.4, 0.5) is 0 Å². The number of halogens is 1. The van der Waals surface area contributed by atoms with Gasteiger partial charge in [0.05, 0.1) is 32.2 Å². The van der Waals surface area contributed by atoms with E-state index in [0.717, 1.165) is 14.2 Å². The summed E-state index contributed by atoms with van der Waals surface area (Å²) in [6.45, 7) is 6.28. The van der Waals surface area contributed by atoms with Gasteiger partial charge in [-0.15, -0.1) is 24.7 Å². The van der Waals surface area contributed by atoms with Gasteiger partial charge in [-0.3, -0.25) is 0 Å². The Morgan fingerprint density at radius 3 is 2.13 bits per heavy atom. The lowest BCUT2D eigenvalue weighted by molar-refractivity contribution is -1.71. The summed E-state index contributed by atoms with van der Waals surface area (Å²) in [4.78, 5) is 53.5. The second-order valence-corrected chi connectivity index (χ2v) is 4.78. The third-order valence-electron chi connectivity index (χ3n) is 2.48. The van der Waals surface area contributed by atoms with Gasteiger partial charge in [0, 0.05) is 11.8 Å². The summed E-state index contributed by atoms with van der Waals surface area (Å²) in [5, 5.41) is -1.25. The average Bonchev–Trinajstić information content (AvgIpc) is 2.71. The molecule has 0 aromatic carbocycles. The molecular formula is C4H19IN14O12+4. The number of nitrogens with zero attached hydrogens (tertiary/aromatic N) is 9. The number of rotatable bonds is 5. The Morgan fingerprint density at radius 2 is 1.58 bits per heavy atom. The fraction of sp³-hybridized carbons (Fsp3) is 0.500. The SMILES string of the molecule is C=NN1ON(N)ONON2O[N+](N)(OC)O[N+](N)(OC)O[N+](N=C)(O2)O[N+](N)(OI)O1. The van der Waals surface area contributed by atoms with E-state index < -0.39 is 20.3 Å². The molecule has 9 N–H and O–H groups in total. The molecule has 31 heavy (non-hydrogen) atoms. The minimum Gasteiger partial charge on any atom is -0.216 e. The van der Waals surface area contributed by atoms with E-state index >= 15 is 0 Å². The van der Waals surface area contributed by atoms with Crippen molar-refractivity contribution in [1.29, 1.82) is 0 Å². The minimum atomic E-state index is -2.13. The van der Waals surface area contributed by atoms with Crippen molar-refractivity contribution in [3.8, 4) is 0 Å². The number of nitrogens with one attached hydrogen (secondary N) is 1. The van der Waals surface area contributed by atoms with Crippen molar-refractivity contribution in [2.75, 3.05) is 14.2 Å². The molecule has 2 saturated heterocycles. The zero-order valence-corrected chi connectivity index (χ0v) is 17.7. The number of hydrazone groups is 1. The summed E-state index contributed by atoms with van der Waals surface area (Å²) in [6.07, 6.45) is 0. The van der Waals surface area contributed by atoms with E-state index in [1.807, 2.05) is 0 Å². The maximum Gasteiger partial charge on any atom is 0.371 e. The third kappa shape index (κ3) is 6.72. The second-order valence-electron chi connectivity index (χ2n) is 4.39. The third-order valence-corrected chi connectivity index (χ3v) is 3.03. The molecule has 0 radical (unpaired) electrons. The number of hydrazine groups is 1. The van der Waals surface area contributed by atoms with E-state index in [0.29, 0.717) is 0 Å². The van der Waals surface area contributed by atoms with Crippen LogP contribution in [0.1, 0.15) is 0 Å². The predicted octanol–water partition coefficient (Wildman–Crippen LogP) is -4.47. The molecule has 26 nitrogen and oxygen atoms in total. The summed E-state index contributed by atoms with van der Waals surface area (Å²) in [5.41, 5.74) is 1.68. The number of hydrogen-bond acceptors (Lipinski definition) is 22. The Kier molecular flexibility index (Phi) is 8.67. The van der Waals surface area contributed by atoms with Crippen LogP contribution in [0, 0.1) is 0 Å². The minimum absolute atomic E-state index is 0.0618. The maximum atomic E-state index is 5.74. The molecule has 0 spiro atoms. The zero-order valence-electron chi connectivity index (χ0n) is 15.5. The van der Waals surface area contributed by atoms with Gasteiger partial charge in [-0.2, -0.15) is 0 Å². The van der Waals surface area contributed by atoms with Gasteiger partial charge in [0.1, 0.15) is 14.2 Å². The molecule has 0 aromatic heterocycles. The highest BCUT2D eigenvalue weighted by Crippen LogP contribution is 2.29. The second kappa shape index (κ2) is 10.3. The molecule has 2 heterocycles. The smallest absolute Gasteiger partial charge is 0.216 e. The van der Waals surface area contributed by atoms with E-state index in [-0.39, 0.29) is 16.1 Å². The van der Waals surface area contributed by atoms with Gasteiger partial charge in [0.2, 0.25) is 38.3 Å². The van der Waals surface area contributed by atoms with E-state index in [4.69, 9.17) is 70.8 Å². The van der Waals surface area contributed by atoms with Crippen molar-refractivity contribution in [2.45, 2.75) is 0 Å². The molecule has 2 rings (SSSR count). The van der Waals surface area contributed by atoms with Gasteiger partial charge in [0.25, 0.3) is 15.2 Å². The lowest BCUT2D eigenvalue weighted by Crippen LogP contribution is -2.75. The first-order valence-electron chi connectivity index (χ1n) is 6.91. The Bertz CT molecular complexity index is 638. The van der Waals surface area contributed by atoms with E-state index in [2.05, 4.69) is 33.5 Å². The summed E-state index contributed by atoms with van der Waals surface area (Å²) in [6, 6.07) is 0. The lowest BCUT2D eigenvalue weighted by Gasteiger charge is -2.32. The predicted molar refractivity (Wildman–Crippen MR) is 84.4 cm³/mol. The van der Waals surface area contributed by atoms with Crippen molar-refractivity contribution in [1.82, 2.24) is 21.7 Å². The highest BCUT2D eigenvalue weighted by atomic mass is 127. The van der Waals surface area contributed by atoms with E-state index in [1.54, 1.807) is 5.64 Å². The lowest BCUT2D eigenvalue weighted by atomic mass is 11.7. The van der Waals surface area contributed by atoms with Crippen molar-refractivity contribution in [3.05, 3.63) is 0 Å². The van der Waals surface area contributed by atoms with Gasteiger partial charge in [-0.05, 0) is 8.81 Å². The molecular weight excluding hydrogens is 563 g/mol. The normalized spacial score (nSPS) is 41.4. The number of hydrogen-bond donors (Lipinski definition) is 5. The van der Waals surface area contributed by atoms with Gasteiger partial charge >= 0.3 is 5.08 Å². The first-order chi connectivity index (χ1) is 14.5. The quantitative estimate of drug-likeness (QED) is 0.0885. The van der Waals surface area contributed by atoms with Crippen LogP contribution < -0.4 is 29.0 Å². The number of fused-ring (bicyclic) bond motifs is 2. The molecule has 180 valence electrons. The van der Waals surface area contributed by atoms with Crippen LogP contribution in [0.3, 0.4) is 0 Å². The number of nitrogens with two attached hydrogens (primary N) is 4. The highest BCUT2D eigenvalue weighted by molar-refractivity contribution is 14.1. The molecule has 0 saturated carbocycles. The van der Waals surface area contributed by atoms with Crippen molar-refractivity contribution in [3.63, 3.8) is 0 Å². The monoisotopic (exact) mass is 582 g/mol. The van der Waals surface area contributed by atoms with Crippen molar-refractivity contribution in [2.24, 2.45) is 33.6 Å². The average molecular weight is 582 g/mol. The molecule has 27 heteroatoms. The molecule has 2 bridgehead atoms. The van der Waals surface area contributed by atoms with Crippen LogP contribution in [0.15, 0.2) is 10.2 Å². The molecule has 0 amide bonds. The van der Waals surface area contributed by atoms with Crippen LogP contribution in [0.2, 0.25) is 0 Å². The Labute approximate surface area is 184 Å². The van der Waals surface area contributed by atoms with E-state index in [1.165, 1.54) is 23.0 Å². The molecule has 0 aromatic rings. The van der Waals surface area contributed by atoms with Gasteiger partial charge in [0.15, 0.2) is 4.94 Å². The fourth-order valence-corrected chi connectivity index (χ4v) is 1.47. The van der Waals surface area contributed by atoms with Gasteiger partial charge in [-0.25, -0.2) is 5.84 Å². The summed E-state index contributed by atoms with van der Waals surface area (Å²) >= 11 is 1.21. The molecule has 2 fully saturated rings. The van der Waals surface area contributed by atoms with Crippen LogP contribution in [0.25, 0.3) is 0 Å². The topological polar surface area (TPSA) is 261 Å². The van der Waals surface area contributed by atoms with Crippen LogP contribution >= 0.6 is 23.0 Å². The molecule has 2 aliphatic rings. The Morgan fingerprint density at radius 1 is 0.935 bits per heavy atom. The van der Waals surface area contributed by atoms with Crippen LogP contribution in [0.5, 0.6) is 0 Å². The van der Waals surface area contributed by atoms with Crippen molar-refractivity contribution >= 4 is 36.4 Å². The maximum absolute atomic E-state index is 5.74. The first kappa shape index (κ1) is 26.2. The van der Waals surface area contributed by atoms with E-state index in [9.17, 15) is 0 Å². The van der Waals surface area contributed by atoms with Crippen LogP contribution in [-0.4, -0.2) is 64.0 Å². The molecule has 2 aliphatic heterocycles. The first-order valence-corrected chi connectivity index (χ1v) is 7.79. The molecule has 5 unspecified atom stereocenters. The Hall–Kier alpha value is -1.05. The van der Waals surface area contributed by atoms with Gasteiger partial charge < -0.3 is 0 Å². The molecule has 5 atom stereocenters. The summed E-state index contributed by atoms with van der Waals surface area (Å²) < 4.78 is 4.77. The van der Waals surface area contributed by atoms with Crippen LogP contribution in [-0.2, 0) is 57.3 Å². The fourth-order valence-electron chi connectivity index (χ4n) is 1.33. The largest absolute Gasteiger partial charge is 0.371 e. The Balaban J connectivity index is 2.50. The standard InChI is InChI=1S/C4H19IN14O12/c1-10-14-25-13(6)23-12-24-15-27-16(7,20-3)29-17(8,21-4)30-19(11-2,28-15)31-18(9,22-5)26-14/h12H,1-2,6-9H2,3-4H3/q+4. The molecule has 0 aliphatic carbocycles. The highest BCUT2D eigenvalue weighted by Gasteiger charge is 2.70. The zero-order chi connectivity index (χ0) is 23.3.